The molecule has 3 rings (SSSR count). The number of nitriles is 1. The molecule has 0 aliphatic heterocycles. The quantitative estimate of drug-likeness (QED) is 0.857. The van der Waals surface area contributed by atoms with Crippen LogP contribution in [0.4, 0.5) is 0 Å². The van der Waals surface area contributed by atoms with Gasteiger partial charge in [0.2, 0.25) is 5.89 Å². The van der Waals surface area contributed by atoms with Crippen molar-refractivity contribution in [3.63, 3.8) is 0 Å². The summed E-state index contributed by atoms with van der Waals surface area (Å²) in [6, 6.07) is 9.62. The van der Waals surface area contributed by atoms with Crippen LogP contribution in [-0.2, 0) is 6.42 Å². The molecular weight excluding hydrogens is 262 g/mol. The van der Waals surface area contributed by atoms with Crippen LogP contribution in [0.2, 0.25) is 0 Å². The molecule has 1 aliphatic rings. The summed E-state index contributed by atoms with van der Waals surface area (Å²) >= 11 is 0. The average Bonchev–Trinajstić information content (AvgIpc) is 2.97. The fraction of sp³-hybridized carbons (Fsp3) is 0.471. The number of benzene rings is 1. The molecule has 1 heterocycles. The molecule has 1 aliphatic carbocycles. The molecule has 2 atom stereocenters. The van der Waals surface area contributed by atoms with Crippen LogP contribution in [0.1, 0.15) is 61.4 Å². The number of nitrogens with zero attached hydrogens (tertiary/aromatic N) is 3. The highest BCUT2D eigenvalue weighted by Gasteiger charge is 2.24. The van der Waals surface area contributed by atoms with Gasteiger partial charge in [0.05, 0.1) is 18.1 Å². The highest BCUT2D eigenvalue weighted by molar-refractivity contribution is 5.32. The van der Waals surface area contributed by atoms with E-state index in [9.17, 15) is 0 Å². The molecule has 1 aromatic heterocycles. The summed E-state index contributed by atoms with van der Waals surface area (Å²) in [7, 11) is 0. The highest BCUT2D eigenvalue weighted by Crippen LogP contribution is 2.34. The summed E-state index contributed by atoms with van der Waals surface area (Å²) in [4.78, 5) is 4.56. The first-order valence-electron chi connectivity index (χ1n) is 7.56. The van der Waals surface area contributed by atoms with Crippen LogP contribution in [-0.4, -0.2) is 10.1 Å². The van der Waals surface area contributed by atoms with E-state index in [1.807, 2.05) is 24.3 Å². The first kappa shape index (κ1) is 13.8. The van der Waals surface area contributed by atoms with Crippen molar-refractivity contribution < 1.29 is 4.52 Å². The number of hydrogen-bond donors (Lipinski definition) is 0. The second kappa shape index (κ2) is 6.09. The van der Waals surface area contributed by atoms with Crippen LogP contribution in [0.3, 0.4) is 0 Å². The van der Waals surface area contributed by atoms with Gasteiger partial charge in [-0.1, -0.05) is 37.1 Å². The first-order chi connectivity index (χ1) is 10.2. The third-order valence-corrected chi connectivity index (χ3v) is 4.22. The molecule has 0 N–H and O–H groups in total. The SMILES string of the molecule is CC1CCCC(c2noc(Cc3ccc(C#N)cc3)n2)C1. The van der Waals surface area contributed by atoms with E-state index >= 15 is 0 Å². The van der Waals surface area contributed by atoms with Gasteiger partial charge in [0, 0.05) is 5.92 Å². The van der Waals surface area contributed by atoms with E-state index in [0.29, 0.717) is 23.8 Å². The Morgan fingerprint density at radius 2 is 2.10 bits per heavy atom. The molecule has 108 valence electrons. The van der Waals surface area contributed by atoms with Gasteiger partial charge >= 0.3 is 0 Å². The molecule has 0 radical (unpaired) electrons. The third-order valence-electron chi connectivity index (χ3n) is 4.22. The minimum Gasteiger partial charge on any atom is -0.339 e. The van der Waals surface area contributed by atoms with Crippen molar-refractivity contribution in [2.24, 2.45) is 5.92 Å². The summed E-state index contributed by atoms with van der Waals surface area (Å²) in [5, 5.41) is 13.0. The second-order valence-corrected chi connectivity index (χ2v) is 6.00. The van der Waals surface area contributed by atoms with Gasteiger partial charge in [-0.2, -0.15) is 10.2 Å². The molecule has 4 nitrogen and oxygen atoms in total. The standard InChI is InChI=1S/C17H19N3O/c1-12-3-2-4-15(9-12)17-19-16(21-20-17)10-13-5-7-14(11-18)8-6-13/h5-8,12,15H,2-4,9-10H2,1H3. The topological polar surface area (TPSA) is 62.7 Å². The normalized spacial score (nSPS) is 21.9. The Morgan fingerprint density at radius 3 is 2.81 bits per heavy atom. The van der Waals surface area contributed by atoms with Crippen molar-refractivity contribution in [2.45, 2.75) is 44.9 Å². The summed E-state index contributed by atoms with van der Waals surface area (Å²) in [6.07, 6.45) is 5.52. The minimum atomic E-state index is 0.451. The van der Waals surface area contributed by atoms with Gasteiger partial charge < -0.3 is 4.52 Å². The predicted molar refractivity (Wildman–Crippen MR) is 78.6 cm³/mol. The Bertz CT molecular complexity index is 639. The highest BCUT2D eigenvalue weighted by atomic mass is 16.5. The molecule has 2 aromatic rings. The Morgan fingerprint density at radius 1 is 1.29 bits per heavy atom. The van der Waals surface area contributed by atoms with Crippen LogP contribution in [0, 0.1) is 17.2 Å². The van der Waals surface area contributed by atoms with Crippen LogP contribution in [0.25, 0.3) is 0 Å². The number of hydrogen-bond acceptors (Lipinski definition) is 4. The predicted octanol–water partition coefficient (Wildman–Crippen LogP) is 3.83. The van der Waals surface area contributed by atoms with Gasteiger partial charge in [-0.05, 0) is 36.5 Å². The summed E-state index contributed by atoms with van der Waals surface area (Å²) < 4.78 is 5.39. The van der Waals surface area contributed by atoms with E-state index in [-0.39, 0.29) is 0 Å². The zero-order chi connectivity index (χ0) is 14.7. The number of rotatable bonds is 3. The monoisotopic (exact) mass is 281 g/mol. The summed E-state index contributed by atoms with van der Waals surface area (Å²) in [5.41, 5.74) is 1.75. The second-order valence-electron chi connectivity index (χ2n) is 6.00. The lowest BCUT2D eigenvalue weighted by atomic mass is 9.82. The maximum Gasteiger partial charge on any atom is 0.231 e. The fourth-order valence-electron chi connectivity index (χ4n) is 3.05. The molecule has 4 heteroatoms. The van der Waals surface area contributed by atoms with E-state index < -0.39 is 0 Å². The molecule has 1 saturated carbocycles. The van der Waals surface area contributed by atoms with E-state index in [0.717, 1.165) is 23.7 Å². The first-order valence-corrected chi connectivity index (χ1v) is 7.56. The fourth-order valence-corrected chi connectivity index (χ4v) is 3.05. The lowest BCUT2D eigenvalue weighted by Gasteiger charge is -2.23. The molecule has 0 bridgehead atoms. The lowest BCUT2D eigenvalue weighted by molar-refractivity contribution is 0.320. The Labute approximate surface area is 124 Å². The van der Waals surface area contributed by atoms with Crippen LogP contribution in [0.5, 0.6) is 0 Å². The van der Waals surface area contributed by atoms with Crippen molar-refractivity contribution in [2.75, 3.05) is 0 Å². The molecule has 1 aromatic carbocycles. The maximum atomic E-state index is 8.80. The zero-order valence-electron chi connectivity index (χ0n) is 12.2. The van der Waals surface area contributed by atoms with E-state index in [4.69, 9.17) is 9.78 Å². The van der Waals surface area contributed by atoms with Gasteiger partial charge in [0.1, 0.15) is 0 Å². The Hall–Kier alpha value is -2.15. The van der Waals surface area contributed by atoms with Gasteiger partial charge in [-0.15, -0.1) is 0 Å². The van der Waals surface area contributed by atoms with Crippen LogP contribution >= 0.6 is 0 Å². The summed E-state index contributed by atoms with van der Waals surface area (Å²) in [5.74, 6) is 2.73. The average molecular weight is 281 g/mol. The smallest absolute Gasteiger partial charge is 0.231 e. The van der Waals surface area contributed by atoms with Crippen LogP contribution in [0.15, 0.2) is 28.8 Å². The molecule has 0 spiro atoms. The van der Waals surface area contributed by atoms with Gasteiger partial charge in [0.25, 0.3) is 0 Å². The third kappa shape index (κ3) is 3.30. The summed E-state index contributed by atoms with van der Waals surface area (Å²) in [6.45, 7) is 2.30. The van der Waals surface area contributed by atoms with Gasteiger partial charge in [-0.25, -0.2) is 0 Å². The van der Waals surface area contributed by atoms with E-state index in [2.05, 4.69) is 23.1 Å². The van der Waals surface area contributed by atoms with Crippen LogP contribution < -0.4 is 0 Å². The number of aromatic nitrogens is 2. The van der Waals surface area contributed by atoms with Gasteiger partial charge in [0.15, 0.2) is 5.82 Å². The molecule has 0 saturated heterocycles. The van der Waals surface area contributed by atoms with E-state index in [1.165, 1.54) is 19.3 Å². The van der Waals surface area contributed by atoms with Crippen molar-refractivity contribution >= 4 is 0 Å². The van der Waals surface area contributed by atoms with E-state index in [1.54, 1.807) is 0 Å². The van der Waals surface area contributed by atoms with Crippen molar-refractivity contribution in [3.8, 4) is 6.07 Å². The van der Waals surface area contributed by atoms with Gasteiger partial charge in [-0.3, -0.25) is 0 Å². The Balaban J connectivity index is 1.68. The minimum absolute atomic E-state index is 0.451. The van der Waals surface area contributed by atoms with Crippen molar-refractivity contribution in [1.29, 1.82) is 5.26 Å². The molecule has 21 heavy (non-hydrogen) atoms. The Kier molecular flexibility index (Phi) is 4.01. The van der Waals surface area contributed by atoms with Crippen molar-refractivity contribution in [3.05, 3.63) is 47.1 Å². The molecule has 2 unspecified atom stereocenters. The molecule has 1 fully saturated rings. The zero-order valence-corrected chi connectivity index (χ0v) is 12.2. The lowest BCUT2D eigenvalue weighted by Crippen LogP contribution is -2.12. The molecule has 0 amide bonds. The van der Waals surface area contributed by atoms with Crippen molar-refractivity contribution in [1.82, 2.24) is 10.1 Å². The molecular formula is C17H19N3O. The largest absolute Gasteiger partial charge is 0.339 e. The maximum absolute atomic E-state index is 8.80.